The number of nitrogens with one attached hydrogen (secondary N) is 2. The molecule has 0 bridgehead atoms. The monoisotopic (exact) mass is 204 g/mol. The van der Waals surface area contributed by atoms with Gasteiger partial charge in [-0.15, -0.1) is 0 Å². The molecular formula is C8H16N2O2S. The van der Waals surface area contributed by atoms with Crippen LogP contribution in [0.1, 0.15) is 6.42 Å². The zero-order valence-electron chi connectivity index (χ0n) is 7.62. The molecule has 1 atom stereocenters. The first-order valence-electron chi connectivity index (χ1n) is 4.80. The van der Waals surface area contributed by atoms with Crippen molar-refractivity contribution in [2.24, 2.45) is 5.92 Å². The quantitative estimate of drug-likeness (QED) is 0.618. The fourth-order valence-electron chi connectivity index (χ4n) is 1.90. The standard InChI is InChI=1S/C8H16N2O2S/c11-13(12)5-8(6-13)10-4-7-1-2-9-3-7/h7-10H,1-6H2. The molecule has 13 heavy (non-hydrogen) atoms. The molecule has 0 radical (unpaired) electrons. The summed E-state index contributed by atoms with van der Waals surface area (Å²) in [4.78, 5) is 0. The van der Waals surface area contributed by atoms with Crippen LogP contribution in [0.5, 0.6) is 0 Å². The van der Waals surface area contributed by atoms with Crippen LogP contribution in [-0.2, 0) is 9.84 Å². The Balaban J connectivity index is 1.64. The second kappa shape index (κ2) is 3.55. The van der Waals surface area contributed by atoms with Gasteiger partial charge in [0.1, 0.15) is 0 Å². The van der Waals surface area contributed by atoms with Gasteiger partial charge in [0.05, 0.1) is 11.5 Å². The maximum atomic E-state index is 10.8. The van der Waals surface area contributed by atoms with Crippen LogP contribution in [0.4, 0.5) is 0 Å². The van der Waals surface area contributed by atoms with Crippen molar-refractivity contribution < 1.29 is 8.42 Å². The molecule has 2 heterocycles. The average Bonchev–Trinajstić information content (AvgIpc) is 2.48. The molecule has 2 N–H and O–H groups in total. The van der Waals surface area contributed by atoms with E-state index in [9.17, 15) is 8.42 Å². The van der Waals surface area contributed by atoms with Crippen molar-refractivity contribution in [3.05, 3.63) is 0 Å². The second-order valence-corrected chi connectivity index (χ2v) is 6.19. The molecular weight excluding hydrogens is 188 g/mol. The average molecular weight is 204 g/mol. The molecule has 76 valence electrons. The van der Waals surface area contributed by atoms with Crippen molar-refractivity contribution in [2.75, 3.05) is 31.1 Å². The minimum absolute atomic E-state index is 0.227. The Hall–Kier alpha value is -0.130. The summed E-state index contributed by atoms with van der Waals surface area (Å²) in [7, 11) is -2.65. The second-order valence-electron chi connectivity index (χ2n) is 4.04. The van der Waals surface area contributed by atoms with Crippen LogP contribution in [-0.4, -0.2) is 45.6 Å². The Morgan fingerprint density at radius 1 is 1.38 bits per heavy atom. The normalized spacial score (nSPS) is 33.1. The van der Waals surface area contributed by atoms with E-state index in [1.807, 2.05) is 0 Å². The van der Waals surface area contributed by atoms with Crippen LogP contribution < -0.4 is 10.6 Å². The fourth-order valence-corrected chi connectivity index (χ4v) is 3.27. The molecule has 0 aromatic rings. The Kier molecular flexibility index (Phi) is 2.58. The van der Waals surface area contributed by atoms with E-state index in [0.29, 0.717) is 17.4 Å². The molecule has 0 aliphatic carbocycles. The van der Waals surface area contributed by atoms with Gasteiger partial charge in [0.25, 0.3) is 0 Å². The Bertz CT molecular complexity index is 258. The molecule has 0 aromatic carbocycles. The van der Waals surface area contributed by atoms with Crippen LogP contribution in [0, 0.1) is 5.92 Å². The van der Waals surface area contributed by atoms with Crippen LogP contribution in [0.25, 0.3) is 0 Å². The lowest BCUT2D eigenvalue weighted by molar-refractivity contribution is 0.455. The molecule has 5 heteroatoms. The van der Waals surface area contributed by atoms with Gasteiger partial charge >= 0.3 is 0 Å². The van der Waals surface area contributed by atoms with Crippen molar-refractivity contribution in [3.8, 4) is 0 Å². The van der Waals surface area contributed by atoms with Crippen LogP contribution in [0.2, 0.25) is 0 Å². The molecule has 2 aliphatic heterocycles. The molecule has 0 amide bonds. The van der Waals surface area contributed by atoms with Gasteiger partial charge in [-0.3, -0.25) is 0 Å². The highest BCUT2D eigenvalue weighted by atomic mass is 32.2. The van der Waals surface area contributed by atoms with Crippen LogP contribution >= 0.6 is 0 Å². The van der Waals surface area contributed by atoms with Crippen molar-refractivity contribution in [2.45, 2.75) is 12.5 Å². The molecule has 2 saturated heterocycles. The maximum Gasteiger partial charge on any atom is 0.153 e. The first kappa shape index (κ1) is 9.43. The molecule has 2 fully saturated rings. The molecule has 0 aromatic heterocycles. The van der Waals surface area contributed by atoms with Crippen molar-refractivity contribution in [1.29, 1.82) is 0 Å². The van der Waals surface area contributed by atoms with Crippen molar-refractivity contribution >= 4 is 9.84 Å². The number of sulfone groups is 1. The SMILES string of the molecule is O=S1(=O)CC(NCC2CCNC2)C1. The number of rotatable bonds is 3. The van der Waals surface area contributed by atoms with Crippen molar-refractivity contribution in [3.63, 3.8) is 0 Å². The summed E-state index contributed by atoms with van der Waals surface area (Å²) in [5.41, 5.74) is 0. The van der Waals surface area contributed by atoms with E-state index in [0.717, 1.165) is 19.6 Å². The first-order chi connectivity index (χ1) is 6.16. The largest absolute Gasteiger partial charge is 0.316 e. The highest BCUT2D eigenvalue weighted by molar-refractivity contribution is 7.92. The van der Waals surface area contributed by atoms with Gasteiger partial charge in [-0.1, -0.05) is 0 Å². The third kappa shape index (κ3) is 2.42. The Labute approximate surface area is 79.0 Å². The topological polar surface area (TPSA) is 58.2 Å². The Morgan fingerprint density at radius 2 is 2.15 bits per heavy atom. The fraction of sp³-hybridized carbons (Fsp3) is 1.00. The van der Waals surface area contributed by atoms with Crippen LogP contribution in [0.3, 0.4) is 0 Å². The summed E-state index contributed by atoms with van der Waals surface area (Å²) in [6.07, 6.45) is 1.21. The van der Waals surface area contributed by atoms with Gasteiger partial charge in [0.15, 0.2) is 9.84 Å². The summed E-state index contributed by atoms with van der Waals surface area (Å²) in [5.74, 6) is 1.38. The van der Waals surface area contributed by atoms with E-state index in [4.69, 9.17) is 0 Å². The van der Waals surface area contributed by atoms with Gasteiger partial charge < -0.3 is 10.6 Å². The minimum Gasteiger partial charge on any atom is -0.316 e. The molecule has 1 unspecified atom stereocenters. The zero-order valence-corrected chi connectivity index (χ0v) is 8.44. The molecule has 0 spiro atoms. The molecule has 0 saturated carbocycles. The van der Waals surface area contributed by atoms with E-state index in [2.05, 4.69) is 10.6 Å². The lowest BCUT2D eigenvalue weighted by atomic mass is 10.1. The first-order valence-corrected chi connectivity index (χ1v) is 6.62. The summed E-state index contributed by atoms with van der Waals surface area (Å²) in [5, 5.41) is 6.59. The Morgan fingerprint density at radius 3 is 2.69 bits per heavy atom. The lowest BCUT2D eigenvalue weighted by Gasteiger charge is -2.27. The highest BCUT2D eigenvalue weighted by Gasteiger charge is 2.33. The molecule has 2 rings (SSSR count). The number of hydrogen-bond donors (Lipinski definition) is 2. The lowest BCUT2D eigenvalue weighted by Crippen LogP contribution is -2.52. The molecule has 2 aliphatic rings. The van der Waals surface area contributed by atoms with Gasteiger partial charge in [0.2, 0.25) is 0 Å². The minimum atomic E-state index is -2.65. The van der Waals surface area contributed by atoms with Crippen LogP contribution in [0.15, 0.2) is 0 Å². The predicted molar refractivity (Wildman–Crippen MR) is 51.4 cm³/mol. The van der Waals surface area contributed by atoms with E-state index >= 15 is 0 Å². The summed E-state index contributed by atoms with van der Waals surface area (Å²) < 4.78 is 21.7. The maximum absolute atomic E-state index is 10.8. The molecule has 4 nitrogen and oxygen atoms in total. The zero-order chi connectivity index (χ0) is 9.31. The summed E-state index contributed by atoms with van der Waals surface area (Å²) >= 11 is 0. The smallest absolute Gasteiger partial charge is 0.153 e. The summed E-state index contributed by atoms with van der Waals surface area (Å²) in [6.45, 7) is 3.15. The predicted octanol–water partition coefficient (Wildman–Crippen LogP) is -1.02. The third-order valence-electron chi connectivity index (χ3n) is 2.77. The van der Waals surface area contributed by atoms with Gasteiger partial charge in [-0.2, -0.15) is 0 Å². The van der Waals surface area contributed by atoms with Crippen molar-refractivity contribution in [1.82, 2.24) is 10.6 Å². The summed E-state index contributed by atoms with van der Waals surface area (Å²) in [6, 6.07) is 0.227. The van der Waals surface area contributed by atoms with E-state index in [1.54, 1.807) is 0 Å². The number of hydrogen-bond acceptors (Lipinski definition) is 4. The van der Waals surface area contributed by atoms with Gasteiger partial charge in [-0.25, -0.2) is 8.42 Å². The van der Waals surface area contributed by atoms with E-state index in [1.165, 1.54) is 6.42 Å². The van der Waals surface area contributed by atoms with E-state index in [-0.39, 0.29) is 6.04 Å². The third-order valence-corrected chi connectivity index (χ3v) is 4.59. The van der Waals surface area contributed by atoms with E-state index < -0.39 is 9.84 Å². The highest BCUT2D eigenvalue weighted by Crippen LogP contribution is 2.12. The van der Waals surface area contributed by atoms with Gasteiger partial charge in [-0.05, 0) is 32.0 Å². The van der Waals surface area contributed by atoms with Gasteiger partial charge in [0, 0.05) is 6.04 Å².